The molecule has 0 bridgehead atoms. The SMILES string of the molecule is CCCOc1cccc(C(=O)NC(=S)Nc2ccc(S(=O)(=O)Nc3ccc(C)cc3C)cc2)c1. The third-order valence-electron chi connectivity index (χ3n) is 4.84. The summed E-state index contributed by atoms with van der Waals surface area (Å²) in [6, 6.07) is 18.4. The molecule has 0 unspecified atom stereocenters. The minimum atomic E-state index is -3.75. The van der Waals surface area contributed by atoms with Gasteiger partial charge in [0.1, 0.15) is 5.75 Å². The molecule has 9 heteroatoms. The number of benzene rings is 3. The second kappa shape index (κ2) is 11.1. The minimum absolute atomic E-state index is 0.0916. The van der Waals surface area contributed by atoms with Crippen molar-refractivity contribution in [1.82, 2.24) is 5.32 Å². The third kappa shape index (κ3) is 6.79. The molecule has 0 spiro atoms. The van der Waals surface area contributed by atoms with Crippen molar-refractivity contribution in [2.24, 2.45) is 0 Å². The monoisotopic (exact) mass is 497 g/mol. The van der Waals surface area contributed by atoms with Crippen LogP contribution in [0.5, 0.6) is 5.75 Å². The summed E-state index contributed by atoms with van der Waals surface area (Å²) in [6.07, 6.45) is 0.867. The van der Waals surface area contributed by atoms with E-state index >= 15 is 0 Å². The molecule has 3 aromatic rings. The van der Waals surface area contributed by atoms with Crippen molar-refractivity contribution in [3.05, 3.63) is 83.4 Å². The van der Waals surface area contributed by atoms with Crippen LogP contribution in [0.2, 0.25) is 0 Å². The number of ether oxygens (including phenoxy) is 1. The standard InChI is InChI=1S/C25H27N3O4S2/c1-4-14-32-21-7-5-6-19(16-21)24(29)27-25(33)26-20-9-11-22(12-10-20)34(30,31)28-23-13-8-17(2)15-18(23)3/h5-13,15-16,28H,4,14H2,1-3H3,(H2,26,27,29,33). The van der Waals surface area contributed by atoms with Crippen LogP contribution >= 0.6 is 12.2 Å². The van der Waals surface area contributed by atoms with Gasteiger partial charge >= 0.3 is 0 Å². The van der Waals surface area contributed by atoms with Crippen molar-refractivity contribution < 1.29 is 17.9 Å². The smallest absolute Gasteiger partial charge is 0.261 e. The summed E-state index contributed by atoms with van der Waals surface area (Å²) in [6.45, 7) is 6.37. The van der Waals surface area contributed by atoms with Crippen molar-refractivity contribution in [3.8, 4) is 5.75 Å². The lowest BCUT2D eigenvalue weighted by atomic mass is 10.1. The molecule has 0 saturated carbocycles. The molecule has 0 aliphatic heterocycles. The summed E-state index contributed by atoms with van der Waals surface area (Å²) in [5.74, 6) is 0.232. The number of nitrogens with one attached hydrogen (secondary N) is 3. The van der Waals surface area contributed by atoms with Gasteiger partial charge in [0.15, 0.2) is 5.11 Å². The lowest BCUT2D eigenvalue weighted by Crippen LogP contribution is -2.34. The van der Waals surface area contributed by atoms with E-state index in [0.717, 1.165) is 17.5 Å². The van der Waals surface area contributed by atoms with Gasteiger partial charge in [0.05, 0.1) is 17.2 Å². The first-order valence-corrected chi connectivity index (χ1v) is 12.6. The molecule has 3 aromatic carbocycles. The fourth-order valence-corrected chi connectivity index (χ4v) is 4.48. The van der Waals surface area contributed by atoms with Crippen LogP contribution in [-0.4, -0.2) is 26.0 Å². The molecular formula is C25H27N3O4S2. The quantitative estimate of drug-likeness (QED) is 0.378. The number of carbonyl (C=O) groups excluding carboxylic acids is 1. The zero-order valence-electron chi connectivity index (χ0n) is 19.2. The van der Waals surface area contributed by atoms with Crippen molar-refractivity contribution in [3.63, 3.8) is 0 Å². The maximum Gasteiger partial charge on any atom is 0.261 e. The summed E-state index contributed by atoms with van der Waals surface area (Å²) < 4.78 is 33.6. The third-order valence-corrected chi connectivity index (χ3v) is 6.43. The number of anilines is 2. The van der Waals surface area contributed by atoms with Gasteiger partial charge in [-0.25, -0.2) is 8.42 Å². The molecule has 7 nitrogen and oxygen atoms in total. The first kappa shape index (κ1) is 25.2. The van der Waals surface area contributed by atoms with Crippen LogP contribution in [0.3, 0.4) is 0 Å². The zero-order chi connectivity index (χ0) is 24.7. The molecule has 0 saturated heterocycles. The van der Waals surface area contributed by atoms with Gasteiger partial charge in [0, 0.05) is 11.3 Å². The molecule has 0 heterocycles. The minimum Gasteiger partial charge on any atom is -0.494 e. The molecule has 0 aromatic heterocycles. The molecule has 0 aliphatic carbocycles. The van der Waals surface area contributed by atoms with E-state index in [0.29, 0.717) is 29.3 Å². The fourth-order valence-electron chi connectivity index (χ4n) is 3.13. The Kier molecular flexibility index (Phi) is 8.25. The fraction of sp³-hybridized carbons (Fsp3) is 0.200. The Bertz CT molecular complexity index is 1290. The Balaban J connectivity index is 1.61. The van der Waals surface area contributed by atoms with Crippen molar-refractivity contribution >= 4 is 44.6 Å². The molecule has 0 atom stereocenters. The zero-order valence-corrected chi connectivity index (χ0v) is 20.8. The van der Waals surface area contributed by atoms with Crippen LogP contribution in [-0.2, 0) is 10.0 Å². The van der Waals surface area contributed by atoms with Crippen LogP contribution in [0.1, 0.15) is 34.8 Å². The second-order valence-electron chi connectivity index (χ2n) is 7.73. The molecule has 0 radical (unpaired) electrons. The molecule has 0 aliphatic rings. The summed E-state index contributed by atoms with van der Waals surface area (Å²) in [5.41, 5.74) is 3.37. The van der Waals surface area contributed by atoms with E-state index in [1.165, 1.54) is 12.1 Å². The maximum atomic E-state index is 12.7. The number of aryl methyl sites for hydroxylation is 2. The lowest BCUT2D eigenvalue weighted by molar-refractivity contribution is 0.0977. The van der Waals surface area contributed by atoms with Gasteiger partial charge in [-0.2, -0.15) is 0 Å². The van der Waals surface area contributed by atoms with E-state index < -0.39 is 10.0 Å². The highest BCUT2D eigenvalue weighted by Gasteiger charge is 2.16. The van der Waals surface area contributed by atoms with E-state index in [1.54, 1.807) is 42.5 Å². The van der Waals surface area contributed by atoms with Gasteiger partial charge in [-0.15, -0.1) is 0 Å². The Hall–Kier alpha value is -3.43. The number of sulfonamides is 1. The van der Waals surface area contributed by atoms with Gasteiger partial charge < -0.3 is 10.1 Å². The van der Waals surface area contributed by atoms with Crippen molar-refractivity contribution in [2.75, 3.05) is 16.6 Å². The summed E-state index contributed by atoms with van der Waals surface area (Å²) in [5, 5.41) is 5.59. The van der Waals surface area contributed by atoms with Crippen LogP contribution in [0.4, 0.5) is 11.4 Å². The molecule has 1 amide bonds. The molecule has 34 heavy (non-hydrogen) atoms. The van der Waals surface area contributed by atoms with E-state index in [2.05, 4.69) is 15.4 Å². The number of thiocarbonyl (C=S) groups is 1. The van der Waals surface area contributed by atoms with Gasteiger partial charge in [-0.3, -0.25) is 14.8 Å². The first-order valence-electron chi connectivity index (χ1n) is 10.7. The van der Waals surface area contributed by atoms with Gasteiger partial charge in [-0.05, 0) is 86.6 Å². The highest BCUT2D eigenvalue weighted by atomic mass is 32.2. The van der Waals surface area contributed by atoms with Gasteiger partial charge in [0.25, 0.3) is 15.9 Å². The largest absolute Gasteiger partial charge is 0.494 e. The Morgan fingerprint density at radius 1 is 1.00 bits per heavy atom. The molecule has 178 valence electrons. The summed E-state index contributed by atoms with van der Waals surface area (Å²) in [7, 11) is -3.75. The van der Waals surface area contributed by atoms with Crippen LogP contribution in [0.25, 0.3) is 0 Å². The highest BCUT2D eigenvalue weighted by Crippen LogP contribution is 2.22. The van der Waals surface area contributed by atoms with Crippen LogP contribution in [0, 0.1) is 13.8 Å². The number of hydrogen-bond acceptors (Lipinski definition) is 5. The van der Waals surface area contributed by atoms with Crippen LogP contribution in [0.15, 0.2) is 71.6 Å². The first-order chi connectivity index (χ1) is 16.2. The van der Waals surface area contributed by atoms with Crippen molar-refractivity contribution in [1.29, 1.82) is 0 Å². The Labute approximate surface area is 205 Å². The summed E-state index contributed by atoms with van der Waals surface area (Å²) >= 11 is 5.23. The van der Waals surface area contributed by atoms with E-state index in [-0.39, 0.29) is 15.9 Å². The van der Waals surface area contributed by atoms with E-state index in [1.807, 2.05) is 32.9 Å². The molecule has 0 fully saturated rings. The number of carbonyl (C=O) groups is 1. The topological polar surface area (TPSA) is 96.5 Å². The lowest BCUT2D eigenvalue weighted by Gasteiger charge is -2.13. The number of hydrogen-bond donors (Lipinski definition) is 3. The average molecular weight is 498 g/mol. The number of amides is 1. The van der Waals surface area contributed by atoms with Crippen LogP contribution < -0.4 is 20.1 Å². The molecular weight excluding hydrogens is 470 g/mol. The normalized spacial score (nSPS) is 10.9. The maximum absolute atomic E-state index is 12.7. The average Bonchev–Trinajstić information content (AvgIpc) is 2.80. The Morgan fingerprint density at radius 2 is 1.74 bits per heavy atom. The highest BCUT2D eigenvalue weighted by molar-refractivity contribution is 7.92. The van der Waals surface area contributed by atoms with Gasteiger partial charge in [0.2, 0.25) is 0 Å². The van der Waals surface area contributed by atoms with Crippen molar-refractivity contribution in [2.45, 2.75) is 32.1 Å². The predicted octanol–water partition coefficient (Wildman–Crippen LogP) is 5.02. The van der Waals surface area contributed by atoms with E-state index in [9.17, 15) is 13.2 Å². The summed E-state index contributed by atoms with van der Waals surface area (Å²) in [4.78, 5) is 12.6. The Morgan fingerprint density at radius 3 is 2.41 bits per heavy atom. The molecule has 3 rings (SSSR count). The van der Waals surface area contributed by atoms with Gasteiger partial charge in [-0.1, -0.05) is 30.7 Å². The molecule has 3 N–H and O–H groups in total. The number of rotatable bonds is 8. The van der Waals surface area contributed by atoms with E-state index in [4.69, 9.17) is 17.0 Å². The predicted molar refractivity (Wildman–Crippen MR) is 139 cm³/mol. The second-order valence-corrected chi connectivity index (χ2v) is 9.82.